The van der Waals surface area contributed by atoms with Crippen LogP contribution in [0.1, 0.15) is 13.3 Å². The van der Waals surface area contributed by atoms with Gasteiger partial charge in [-0.25, -0.2) is 13.8 Å². The van der Waals surface area contributed by atoms with Gasteiger partial charge in [0, 0.05) is 6.54 Å². The number of hydrogen-bond acceptors (Lipinski definition) is 2. The zero-order chi connectivity index (χ0) is 13.8. The van der Waals surface area contributed by atoms with E-state index in [1.165, 1.54) is 12.1 Å². The van der Waals surface area contributed by atoms with Crippen molar-refractivity contribution >= 4 is 21.7 Å². The molecule has 2 aromatic rings. The van der Waals surface area contributed by atoms with Crippen LogP contribution < -0.4 is 5.32 Å². The normalized spacial score (nSPS) is 10.5. The van der Waals surface area contributed by atoms with E-state index >= 15 is 0 Å². The average molecular weight is 327 g/mol. The Morgan fingerprint density at radius 1 is 1.21 bits per heavy atom. The van der Waals surface area contributed by atoms with E-state index in [1.807, 2.05) is 6.92 Å². The lowest BCUT2D eigenvalue weighted by molar-refractivity contribution is 0.584. The van der Waals surface area contributed by atoms with E-state index in [9.17, 15) is 8.78 Å². The molecule has 1 aromatic carbocycles. The predicted octanol–water partition coefficient (Wildman–Crippen LogP) is 4.61. The van der Waals surface area contributed by atoms with Gasteiger partial charge in [-0.3, -0.25) is 0 Å². The van der Waals surface area contributed by atoms with Gasteiger partial charge in [0.1, 0.15) is 17.5 Å². The molecule has 0 unspecified atom stereocenters. The third kappa shape index (κ3) is 3.10. The molecule has 1 N–H and O–H groups in total. The number of nitrogens with one attached hydrogen (secondary N) is 1. The largest absolute Gasteiger partial charge is 0.370 e. The summed E-state index contributed by atoms with van der Waals surface area (Å²) in [4.78, 5) is 4.23. The molecule has 0 aliphatic heterocycles. The van der Waals surface area contributed by atoms with E-state index in [4.69, 9.17) is 0 Å². The molecule has 2 rings (SSSR count). The van der Waals surface area contributed by atoms with Gasteiger partial charge in [0.15, 0.2) is 0 Å². The molecule has 5 heteroatoms. The highest BCUT2D eigenvalue weighted by atomic mass is 79.9. The highest BCUT2D eigenvalue weighted by Crippen LogP contribution is 2.30. The zero-order valence-electron chi connectivity index (χ0n) is 10.4. The molecule has 0 amide bonds. The molecule has 100 valence electrons. The van der Waals surface area contributed by atoms with Crippen molar-refractivity contribution < 1.29 is 8.78 Å². The van der Waals surface area contributed by atoms with Crippen molar-refractivity contribution in [2.75, 3.05) is 11.9 Å². The van der Waals surface area contributed by atoms with E-state index in [0.29, 0.717) is 5.82 Å². The van der Waals surface area contributed by atoms with Crippen molar-refractivity contribution in [1.82, 2.24) is 4.98 Å². The first kappa shape index (κ1) is 13.9. The van der Waals surface area contributed by atoms with Gasteiger partial charge < -0.3 is 5.32 Å². The minimum absolute atomic E-state index is 0.116. The summed E-state index contributed by atoms with van der Waals surface area (Å²) in [5.41, 5.74) is 0.159. The quantitative estimate of drug-likeness (QED) is 0.830. The Morgan fingerprint density at radius 2 is 2.00 bits per heavy atom. The first-order chi connectivity index (χ1) is 9.13. The number of benzene rings is 1. The van der Waals surface area contributed by atoms with Crippen LogP contribution in [0, 0.1) is 11.6 Å². The smallest absolute Gasteiger partial charge is 0.149 e. The standard InChI is InChI=1S/C14H13BrF2N2/c1-2-8-18-12-5-3-4-11(19-12)13-10(16)7-6-9(15)14(13)17/h3-7H,2,8H2,1H3,(H,18,19). The summed E-state index contributed by atoms with van der Waals surface area (Å²) in [7, 11) is 0. The molecule has 0 radical (unpaired) electrons. The van der Waals surface area contributed by atoms with Crippen molar-refractivity contribution in [1.29, 1.82) is 0 Å². The van der Waals surface area contributed by atoms with Gasteiger partial charge in [0.2, 0.25) is 0 Å². The Kier molecular flexibility index (Phi) is 4.47. The van der Waals surface area contributed by atoms with E-state index < -0.39 is 11.6 Å². The first-order valence-corrected chi connectivity index (χ1v) is 6.77. The maximum atomic E-state index is 14.0. The summed E-state index contributed by atoms with van der Waals surface area (Å²) in [6, 6.07) is 7.64. The molecule has 0 bridgehead atoms. The van der Waals surface area contributed by atoms with Crippen LogP contribution in [0.3, 0.4) is 0 Å². The molecular weight excluding hydrogens is 314 g/mol. The van der Waals surface area contributed by atoms with E-state index in [1.54, 1.807) is 18.2 Å². The Morgan fingerprint density at radius 3 is 2.74 bits per heavy atom. The topological polar surface area (TPSA) is 24.9 Å². The van der Waals surface area contributed by atoms with Gasteiger partial charge in [-0.05, 0) is 46.6 Å². The van der Waals surface area contributed by atoms with Gasteiger partial charge in [-0.2, -0.15) is 0 Å². The average Bonchev–Trinajstić information content (AvgIpc) is 2.42. The molecule has 0 saturated heterocycles. The van der Waals surface area contributed by atoms with Crippen molar-refractivity contribution in [2.45, 2.75) is 13.3 Å². The summed E-state index contributed by atoms with van der Waals surface area (Å²) in [6.45, 7) is 2.80. The van der Waals surface area contributed by atoms with Crippen LogP contribution in [0.2, 0.25) is 0 Å². The number of pyridine rings is 1. The molecule has 0 spiro atoms. The van der Waals surface area contributed by atoms with Crippen LogP contribution in [0.15, 0.2) is 34.8 Å². The molecule has 0 fully saturated rings. The van der Waals surface area contributed by atoms with Crippen molar-refractivity contribution in [3.05, 3.63) is 46.4 Å². The molecule has 0 saturated carbocycles. The van der Waals surface area contributed by atoms with E-state index in [0.717, 1.165) is 13.0 Å². The summed E-state index contributed by atoms with van der Waals surface area (Å²) in [5.74, 6) is -0.654. The first-order valence-electron chi connectivity index (χ1n) is 5.98. The highest BCUT2D eigenvalue weighted by Gasteiger charge is 2.15. The summed E-state index contributed by atoms with van der Waals surface area (Å²) in [6.07, 6.45) is 0.950. The molecule has 1 heterocycles. The maximum Gasteiger partial charge on any atom is 0.149 e. The van der Waals surface area contributed by atoms with Gasteiger partial charge in [0.05, 0.1) is 15.7 Å². The number of rotatable bonds is 4. The number of aromatic nitrogens is 1. The fourth-order valence-electron chi connectivity index (χ4n) is 1.69. The number of anilines is 1. The lowest BCUT2D eigenvalue weighted by Crippen LogP contribution is -2.03. The summed E-state index contributed by atoms with van der Waals surface area (Å²) in [5, 5.41) is 3.09. The van der Waals surface area contributed by atoms with Crippen LogP contribution in [-0.4, -0.2) is 11.5 Å². The lowest BCUT2D eigenvalue weighted by atomic mass is 10.1. The third-order valence-corrected chi connectivity index (χ3v) is 3.22. The number of hydrogen-bond donors (Lipinski definition) is 1. The number of halogens is 3. The van der Waals surface area contributed by atoms with Crippen molar-refractivity contribution in [3.63, 3.8) is 0 Å². The van der Waals surface area contributed by atoms with Gasteiger partial charge in [0.25, 0.3) is 0 Å². The minimum Gasteiger partial charge on any atom is -0.370 e. The van der Waals surface area contributed by atoms with E-state index in [2.05, 4.69) is 26.2 Å². The molecule has 1 aromatic heterocycles. The SMILES string of the molecule is CCCNc1cccc(-c2c(F)ccc(Br)c2F)n1. The predicted molar refractivity (Wildman–Crippen MR) is 76.1 cm³/mol. The van der Waals surface area contributed by atoms with Gasteiger partial charge in [-0.15, -0.1) is 0 Å². The van der Waals surface area contributed by atoms with Gasteiger partial charge in [-0.1, -0.05) is 13.0 Å². The van der Waals surface area contributed by atoms with E-state index in [-0.39, 0.29) is 15.7 Å². The summed E-state index contributed by atoms with van der Waals surface area (Å²) >= 11 is 3.05. The minimum atomic E-state index is -0.639. The Hall–Kier alpha value is -1.49. The highest BCUT2D eigenvalue weighted by molar-refractivity contribution is 9.10. The molecule has 0 atom stereocenters. The van der Waals surface area contributed by atoms with Crippen LogP contribution in [-0.2, 0) is 0 Å². The molecule has 0 aliphatic rings. The summed E-state index contributed by atoms with van der Waals surface area (Å²) < 4.78 is 28.0. The maximum absolute atomic E-state index is 14.0. The fraction of sp³-hybridized carbons (Fsp3) is 0.214. The van der Waals surface area contributed by atoms with Crippen LogP contribution in [0.4, 0.5) is 14.6 Å². The Bertz CT molecular complexity index is 588. The Balaban J connectivity index is 2.44. The molecular formula is C14H13BrF2N2. The second-order valence-electron chi connectivity index (χ2n) is 4.05. The van der Waals surface area contributed by atoms with Crippen molar-refractivity contribution in [3.8, 4) is 11.3 Å². The van der Waals surface area contributed by atoms with Crippen LogP contribution >= 0.6 is 15.9 Å². The van der Waals surface area contributed by atoms with Crippen molar-refractivity contribution in [2.24, 2.45) is 0 Å². The van der Waals surface area contributed by atoms with Crippen LogP contribution in [0.5, 0.6) is 0 Å². The molecule has 19 heavy (non-hydrogen) atoms. The molecule has 2 nitrogen and oxygen atoms in total. The number of nitrogens with zero attached hydrogens (tertiary/aromatic N) is 1. The van der Waals surface area contributed by atoms with Gasteiger partial charge >= 0.3 is 0 Å². The third-order valence-electron chi connectivity index (χ3n) is 2.61. The molecule has 0 aliphatic carbocycles. The van der Waals surface area contributed by atoms with Crippen LogP contribution in [0.25, 0.3) is 11.3 Å². The fourth-order valence-corrected chi connectivity index (χ4v) is 2.02. The zero-order valence-corrected chi connectivity index (χ0v) is 12.0. The second kappa shape index (κ2) is 6.10. The second-order valence-corrected chi connectivity index (χ2v) is 4.91. The lowest BCUT2D eigenvalue weighted by Gasteiger charge is -2.09. The monoisotopic (exact) mass is 326 g/mol. The Labute approximate surface area is 119 Å².